The fourth-order valence-corrected chi connectivity index (χ4v) is 3.09. The Bertz CT molecular complexity index is 515. The first-order valence-electron chi connectivity index (χ1n) is 7.95. The van der Waals surface area contributed by atoms with Gasteiger partial charge in [0.2, 0.25) is 11.8 Å². The van der Waals surface area contributed by atoms with Gasteiger partial charge < -0.3 is 15.0 Å². The first kappa shape index (κ1) is 20.5. The van der Waals surface area contributed by atoms with Crippen molar-refractivity contribution in [3.63, 3.8) is 0 Å². The molecule has 1 heterocycles. The lowest BCUT2D eigenvalue weighted by Crippen LogP contribution is -2.53. The fourth-order valence-electron chi connectivity index (χ4n) is 2.47. The van der Waals surface area contributed by atoms with Crippen molar-refractivity contribution in [1.29, 1.82) is 0 Å². The van der Waals surface area contributed by atoms with E-state index in [1.165, 1.54) is 18.7 Å². The number of amides is 2. The van der Waals surface area contributed by atoms with E-state index in [2.05, 4.69) is 5.32 Å². The summed E-state index contributed by atoms with van der Waals surface area (Å²) >= 11 is 0.971. The molecule has 0 aromatic carbocycles. The summed E-state index contributed by atoms with van der Waals surface area (Å²) in [6.45, 7) is 8.47. The van der Waals surface area contributed by atoms with Crippen LogP contribution in [0.4, 0.5) is 0 Å². The zero-order chi connectivity index (χ0) is 18.5. The molecule has 2 atom stereocenters. The quantitative estimate of drug-likeness (QED) is 0.740. The minimum atomic E-state index is -0.834. The van der Waals surface area contributed by atoms with E-state index in [9.17, 15) is 19.2 Å². The van der Waals surface area contributed by atoms with Gasteiger partial charge in [-0.15, -0.1) is 0 Å². The molecule has 136 valence electrons. The van der Waals surface area contributed by atoms with Gasteiger partial charge in [-0.25, -0.2) is 4.79 Å². The van der Waals surface area contributed by atoms with Crippen LogP contribution < -0.4 is 5.32 Å². The number of carbonyl (C=O) groups is 4. The molecule has 1 unspecified atom stereocenters. The summed E-state index contributed by atoms with van der Waals surface area (Å²) in [5, 5.41) is 2.43. The number of nitrogens with zero attached hydrogens (tertiary/aromatic N) is 1. The number of ether oxygens (including phenoxy) is 1. The molecule has 0 saturated carbocycles. The molecule has 1 aliphatic heterocycles. The summed E-state index contributed by atoms with van der Waals surface area (Å²) < 4.78 is 5.38. The number of hydrogen-bond acceptors (Lipinski definition) is 6. The van der Waals surface area contributed by atoms with Gasteiger partial charge in [-0.05, 0) is 33.6 Å². The van der Waals surface area contributed by atoms with E-state index in [-0.39, 0.29) is 22.7 Å². The van der Waals surface area contributed by atoms with Crippen LogP contribution in [-0.4, -0.2) is 57.8 Å². The van der Waals surface area contributed by atoms with Crippen molar-refractivity contribution in [2.75, 3.05) is 12.3 Å². The molecule has 1 N–H and O–H groups in total. The van der Waals surface area contributed by atoms with Gasteiger partial charge >= 0.3 is 5.97 Å². The maximum atomic E-state index is 12.8. The highest BCUT2D eigenvalue weighted by molar-refractivity contribution is 8.13. The Hall–Kier alpha value is -1.57. The number of thioether (sulfide) groups is 1. The van der Waals surface area contributed by atoms with Gasteiger partial charge in [0, 0.05) is 26.1 Å². The lowest BCUT2D eigenvalue weighted by molar-refractivity contribution is -0.163. The summed E-state index contributed by atoms with van der Waals surface area (Å²) in [7, 11) is 0. The van der Waals surface area contributed by atoms with Crippen molar-refractivity contribution in [3.05, 3.63) is 0 Å². The van der Waals surface area contributed by atoms with Crippen LogP contribution in [0.1, 0.15) is 47.5 Å². The Morgan fingerprint density at radius 3 is 2.38 bits per heavy atom. The predicted molar refractivity (Wildman–Crippen MR) is 91.3 cm³/mol. The van der Waals surface area contributed by atoms with Crippen LogP contribution in [0.5, 0.6) is 0 Å². The molecule has 0 aromatic heterocycles. The van der Waals surface area contributed by atoms with E-state index in [1.807, 2.05) is 0 Å². The molecule has 0 bridgehead atoms. The van der Waals surface area contributed by atoms with Gasteiger partial charge in [0.15, 0.2) is 5.12 Å². The van der Waals surface area contributed by atoms with E-state index in [4.69, 9.17) is 4.74 Å². The third-order valence-corrected chi connectivity index (χ3v) is 4.25. The Morgan fingerprint density at radius 1 is 1.25 bits per heavy atom. The molecule has 0 aromatic rings. The second kappa shape index (κ2) is 8.50. The number of nitrogens with one attached hydrogen (secondary N) is 1. The minimum absolute atomic E-state index is 0.136. The fraction of sp³-hybridized carbons (Fsp3) is 0.750. The third kappa shape index (κ3) is 6.51. The summed E-state index contributed by atoms with van der Waals surface area (Å²) in [5.41, 5.74) is -0.629. The van der Waals surface area contributed by atoms with Gasteiger partial charge in [0.1, 0.15) is 17.7 Å². The van der Waals surface area contributed by atoms with E-state index in [0.29, 0.717) is 19.4 Å². The third-order valence-electron chi connectivity index (χ3n) is 3.34. The highest BCUT2D eigenvalue weighted by Gasteiger charge is 2.39. The molecule has 2 amide bonds. The van der Waals surface area contributed by atoms with Gasteiger partial charge in [0.05, 0.1) is 0 Å². The van der Waals surface area contributed by atoms with Crippen LogP contribution in [-0.2, 0) is 23.9 Å². The van der Waals surface area contributed by atoms with Crippen molar-refractivity contribution in [1.82, 2.24) is 10.2 Å². The molecule has 8 heteroatoms. The Kier molecular flexibility index (Phi) is 7.26. The van der Waals surface area contributed by atoms with E-state index in [0.717, 1.165) is 11.8 Å². The van der Waals surface area contributed by atoms with E-state index < -0.39 is 23.7 Å². The van der Waals surface area contributed by atoms with Crippen LogP contribution in [0.2, 0.25) is 0 Å². The first-order valence-corrected chi connectivity index (χ1v) is 8.93. The summed E-state index contributed by atoms with van der Waals surface area (Å²) in [4.78, 5) is 49.0. The molecule has 0 aliphatic carbocycles. The Balaban J connectivity index is 2.84. The maximum absolute atomic E-state index is 12.8. The second-order valence-electron chi connectivity index (χ2n) is 6.78. The molecular weight excluding hydrogens is 332 g/mol. The van der Waals surface area contributed by atoms with Gasteiger partial charge in [-0.1, -0.05) is 11.8 Å². The molecule has 1 rings (SSSR count). The average Bonchev–Trinajstić information content (AvgIpc) is 2.89. The van der Waals surface area contributed by atoms with Crippen LogP contribution in [0, 0.1) is 0 Å². The van der Waals surface area contributed by atoms with Gasteiger partial charge in [0.25, 0.3) is 0 Å². The Morgan fingerprint density at radius 2 is 1.88 bits per heavy atom. The molecule has 24 heavy (non-hydrogen) atoms. The van der Waals surface area contributed by atoms with Crippen molar-refractivity contribution >= 4 is 34.7 Å². The van der Waals surface area contributed by atoms with Gasteiger partial charge in [-0.2, -0.15) is 0 Å². The zero-order valence-electron chi connectivity index (χ0n) is 14.9. The Labute approximate surface area is 146 Å². The largest absolute Gasteiger partial charge is 0.458 e. The SMILES string of the molecule is CC(=O)NC(CSC(C)=O)C(=O)N1CCC[C@H]1C(=O)OC(C)(C)C. The molecular formula is C16H26N2O5S. The van der Waals surface area contributed by atoms with Crippen LogP contribution in [0.25, 0.3) is 0 Å². The predicted octanol–water partition coefficient (Wildman–Crippen LogP) is 1.10. The molecule has 0 radical (unpaired) electrons. The summed E-state index contributed by atoms with van der Waals surface area (Å²) in [6, 6.07) is -1.48. The average molecular weight is 358 g/mol. The minimum Gasteiger partial charge on any atom is -0.458 e. The number of rotatable bonds is 5. The van der Waals surface area contributed by atoms with E-state index in [1.54, 1.807) is 20.8 Å². The highest BCUT2D eigenvalue weighted by atomic mass is 32.2. The van der Waals surface area contributed by atoms with Gasteiger partial charge in [-0.3, -0.25) is 14.4 Å². The van der Waals surface area contributed by atoms with Crippen LogP contribution >= 0.6 is 11.8 Å². The topological polar surface area (TPSA) is 92.8 Å². The molecule has 1 fully saturated rings. The molecule has 1 saturated heterocycles. The zero-order valence-corrected chi connectivity index (χ0v) is 15.7. The van der Waals surface area contributed by atoms with Crippen LogP contribution in [0.3, 0.4) is 0 Å². The highest BCUT2D eigenvalue weighted by Crippen LogP contribution is 2.22. The standard InChI is InChI=1S/C16H26N2O5S/c1-10(19)17-12(9-24-11(2)20)14(21)18-8-6-7-13(18)15(22)23-16(3,4)5/h12-13H,6-9H2,1-5H3,(H,17,19)/t12?,13-/m0/s1. The number of hydrogen-bond donors (Lipinski definition) is 1. The van der Waals surface area contributed by atoms with Crippen molar-refractivity contribution < 1.29 is 23.9 Å². The monoisotopic (exact) mass is 358 g/mol. The lowest BCUT2D eigenvalue weighted by atomic mass is 10.1. The van der Waals surface area contributed by atoms with Crippen molar-refractivity contribution in [2.24, 2.45) is 0 Å². The summed E-state index contributed by atoms with van der Waals surface area (Å²) in [6.07, 6.45) is 1.23. The number of carbonyl (C=O) groups excluding carboxylic acids is 4. The maximum Gasteiger partial charge on any atom is 0.329 e. The lowest BCUT2D eigenvalue weighted by Gasteiger charge is -2.30. The van der Waals surface area contributed by atoms with Crippen LogP contribution in [0.15, 0.2) is 0 Å². The van der Waals surface area contributed by atoms with E-state index >= 15 is 0 Å². The molecule has 1 aliphatic rings. The van der Waals surface area contributed by atoms with Crippen molar-refractivity contribution in [2.45, 2.75) is 65.1 Å². The molecule has 7 nitrogen and oxygen atoms in total. The number of likely N-dealkylation sites (tertiary alicyclic amines) is 1. The smallest absolute Gasteiger partial charge is 0.329 e. The number of esters is 1. The summed E-state index contributed by atoms with van der Waals surface area (Å²) in [5.74, 6) is -1.00. The second-order valence-corrected chi connectivity index (χ2v) is 7.98. The molecule has 0 spiro atoms. The van der Waals surface area contributed by atoms with Crippen molar-refractivity contribution in [3.8, 4) is 0 Å². The normalized spacial score (nSPS) is 18.9. The first-order chi connectivity index (χ1) is 11.0.